The Bertz CT molecular complexity index is 605. The number of guanidine groups is 1. The maximum Gasteiger partial charge on any atom is 0.242 e. The number of carbonyl (C=O) groups excluding carboxylic acids is 2. The van der Waals surface area contributed by atoms with Gasteiger partial charge in [-0.1, -0.05) is 27.2 Å². The van der Waals surface area contributed by atoms with Crippen LogP contribution in [-0.2, 0) is 9.59 Å². The lowest BCUT2D eigenvalue weighted by atomic mass is 9.70. The predicted molar refractivity (Wildman–Crippen MR) is 86.6 cm³/mol. The second-order valence-electron chi connectivity index (χ2n) is 5.86. The van der Waals surface area contributed by atoms with Crippen molar-refractivity contribution in [1.29, 1.82) is 0 Å². The van der Waals surface area contributed by atoms with E-state index in [0.717, 1.165) is 12.8 Å². The molecule has 0 radical (unpaired) electrons. The van der Waals surface area contributed by atoms with Crippen LogP contribution in [0.25, 0.3) is 0 Å². The summed E-state index contributed by atoms with van der Waals surface area (Å²) in [6, 6.07) is 5.49. The van der Waals surface area contributed by atoms with Gasteiger partial charge in [-0.2, -0.15) is 0 Å². The molecule has 1 atom stereocenters. The number of nitrogens with one attached hydrogen (secondary N) is 2. The summed E-state index contributed by atoms with van der Waals surface area (Å²) in [6.07, 6.45) is 2.12. The first-order chi connectivity index (χ1) is 10.9. The molecule has 2 N–H and O–H groups in total. The fourth-order valence-electron chi connectivity index (χ4n) is 3.07. The molecule has 0 saturated carbocycles. The van der Waals surface area contributed by atoms with Crippen LogP contribution in [0.4, 0.5) is 10.1 Å². The summed E-state index contributed by atoms with van der Waals surface area (Å²) < 4.78 is 12.9. The zero-order chi connectivity index (χ0) is 17.0. The Morgan fingerprint density at radius 1 is 1.13 bits per heavy atom. The molecule has 0 aromatic heterocycles. The SMILES string of the molecule is CCC[C@@H](C)C1(CC)C(=O)NC(=Nc2ccc(F)cc2)NC1=O. The quantitative estimate of drug-likeness (QED) is 0.819. The first-order valence-electron chi connectivity index (χ1n) is 7.91. The molecule has 1 fully saturated rings. The van der Waals surface area contributed by atoms with Crippen molar-refractivity contribution < 1.29 is 14.0 Å². The number of amides is 2. The van der Waals surface area contributed by atoms with Gasteiger partial charge >= 0.3 is 0 Å². The number of aliphatic imine (C=N–C) groups is 1. The van der Waals surface area contributed by atoms with E-state index >= 15 is 0 Å². The first kappa shape index (κ1) is 17.1. The lowest BCUT2D eigenvalue weighted by Gasteiger charge is -2.38. The van der Waals surface area contributed by atoms with Crippen LogP contribution in [0.5, 0.6) is 0 Å². The number of nitrogens with zero attached hydrogens (tertiary/aromatic N) is 1. The molecule has 0 unspecified atom stereocenters. The molecule has 1 aromatic rings. The molecule has 0 spiro atoms. The fourth-order valence-corrected chi connectivity index (χ4v) is 3.07. The van der Waals surface area contributed by atoms with Crippen molar-refractivity contribution in [2.75, 3.05) is 0 Å². The normalized spacial score (nSPS) is 22.3. The van der Waals surface area contributed by atoms with Crippen molar-refractivity contribution in [2.24, 2.45) is 16.3 Å². The lowest BCUT2D eigenvalue weighted by Crippen LogP contribution is -2.64. The van der Waals surface area contributed by atoms with Gasteiger partial charge in [-0.3, -0.25) is 20.2 Å². The molecule has 1 aliphatic rings. The Hall–Kier alpha value is -2.24. The first-order valence-corrected chi connectivity index (χ1v) is 7.91. The Kier molecular flexibility index (Phi) is 5.13. The van der Waals surface area contributed by atoms with Crippen molar-refractivity contribution in [2.45, 2.75) is 40.0 Å². The number of halogens is 1. The van der Waals surface area contributed by atoms with Gasteiger partial charge in [0.25, 0.3) is 0 Å². The van der Waals surface area contributed by atoms with E-state index in [-0.39, 0.29) is 29.5 Å². The molecule has 2 rings (SSSR count). The molecule has 1 aromatic carbocycles. The molecule has 0 aliphatic carbocycles. The molecule has 23 heavy (non-hydrogen) atoms. The van der Waals surface area contributed by atoms with Crippen LogP contribution in [0.3, 0.4) is 0 Å². The Labute approximate surface area is 135 Å². The van der Waals surface area contributed by atoms with Crippen molar-refractivity contribution >= 4 is 23.5 Å². The third-order valence-electron chi connectivity index (χ3n) is 4.46. The Balaban J connectivity index is 2.26. The van der Waals surface area contributed by atoms with E-state index in [2.05, 4.69) is 15.6 Å². The van der Waals surface area contributed by atoms with E-state index in [9.17, 15) is 14.0 Å². The largest absolute Gasteiger partial charge is 0.295 e. The molecule has 5 nitrogen and oxygen atoms in total. The molecule has 1 saturated heterocycles. The van der Waals surface area contributed by atoms with Gasteiger partial charge in [0.05, 0.1) is 5.69 Å². The summed E-state index contributed by atoms with van der Waals surface area (Å²) in [4.78, 5) is 29.4. The highest BCUT2D eigenvalue weighted by molar-refractivity contribution is 6.20. The summed E-state index contributed by atoms with van der Waals surface area (Å²) in [5, 5.41) is 5.35. The topological polar surface area (TPSA) is 70.6 Å². The van der Waals surface area contributed by atoms with Crippen molar-refractivity contribution in [3.63, 3.8) is 0 Å². The van der Waals surface area contributed by atoms with Gasteiger partial charge in [0.15, 0.2) is 0 Å². The monoisotopic (exact) mass is 319 g/mol. The average Bonchev–Trinajstić information content (AvgIpc) is 2.50. The summed E-state index contributed by atoms with van der Waals surface area (Å²) in [6.45, 7) is 5.79. The van der Waals surface area contributed by atoms with E-state index < -0.39 is 5.41 Å². The second kappa shape index (κ2) is 6.89. The van der Waals surface area contributed by atoms with Gasteiger partial charge in [-0.25, -0.2) is 9.38 Å². The zero-order valence-corrected chi connectivity index (χ0v) is 13.6. The number of benzene rings is 1. The van der Waals surface area contributed by atoms with Crippen molar-refractivity contribution in [1.82, 2.24) is 10.6 Å². The van der Waals surface area contributed by atoms with Crippen LogP contribution >= 0.6 is 0 Å². The predicted octanol–water partition coefficient (Wildman–Crippen LogP) is 2.89. The van der Waals surface area contributed by atoms with Gasteiger partial charge in [-0.15, -0.1) is 0 Å². The summed E-state index contributed by atoms with van der Waals surface area (Å²) >= 11 is 0. The number of hydrogen-bond acceptors (Lipinski definition) is 3. The van der Waals surface area contributed by atoms with Crippen LogP contribution in [-0.4, -0.2) is 17.8 Å². The highest BCUT2D eigenvalue weighted by atomic mass is 19.1. The molecule has 1 aliphatic heterocycles. The van der Waals surface area contributed by atoms with Gasteiger partial charge in [0.2, 0.25) is 17.8 Å². The molecule has 1 heterocycles. The van der Waals surface area contributed by atoms with E-state index in [1.54, 1.807) is 0 Å². The van der Waals surface area contributed by atoms with Gasteiger partial charge in [0.1, 0.15) is 11.2 Å². The minimum atomic E-state index is -1.07. The smallest absolute Gasteiger partial charge is 0.242 e. The fraction of sp³-hybridized carbons (Fsp3) is 0.471. The van der Waals surface area contributed by atoms with Crippen molar-refractivity contribution in [3.8, 4) is 0 Å². The lowest BCUT2D eigenvalue weighted by molar-refractivity contribution is -0.147. The second-order valence-corrected chi connectivity index (χ2v) is 5.86. The summed E-state index contributed by atoms with van der Waals surface area (Å²) in [5.41, 5.74) is -0.620. The summed E-state index contributed by atoms with van der Waals surface area (Å²) in [5.74, 6) is -1.01. The molecule has 0 bridgehead atoms. The number of rotatable bonds is 5. The van der Waals surface area contributed by atoms with E-state index in [4.69, 9.17) is 0 Å². The minimum absolute atomic E-state index is 0.0649. The third-order valence-corrected chi connectivity index (χ3v) is 4.46. The highest BCUT2D eigenvalue weighted by Gasteiger charge is 2.51. The molecule has 2 amide bonds. The van der Waals surface area contributed by atoms with E-state index in [1.165, 1.54) is 24.3 Å². The number of carbonyl (C=O) groups is 2. The van der Waals surface area contributed by atoms with Crippen LogP contribution in [0.2, 0.25) is 0 Å². The van der Waals surface area contributed by atoms with Gasteiger partial charge in [-0.05, 0) is 43.0 Å². The minimum Gasteiger partial charge on any atom is -0.295 e. The van der Waals surface area contributed by atoms with E-state index in [1.807, 2.05) is 20.8 Å². The molecular formula is C17H22FN3O2. The molecule has 124 valence electrons. The van der Waals surface area contributed by atoms with Gasteiger partial charge in [0, 0.05) is 0 Å². The standard InChI is InChI=1S/C17H22FN3O2/c1-4-6-11(3)17(5-2)14(22)20-16(21-15(17)23)19-13-9-7-12(18)8-10-13/h7-11H,4-6H2,1-3H3,(H2,19,20,21,22,23)/t11-/m1/s1. The maximum atomic E-state index is 12.9. The molecule has 6 heteroatoms. The van der Waals surface area contributed by atoms with Crippen LogP contribution < -0.4 is 10.6 Å². The average molecular weight is 319 g/mol. The highest BCUT2D eigenvalue weighted by Crippen LogP contribution is 2.36. The van der Waals surface area contributed by atoms with Crippen LogP contribution in [0.15, 0.2) is 29.3 Å². The Morgan fingerprint density at radius 2 is 1.70 bits per heavy atom. The Morgan fingerprint density at radius 3 is 2.17 bits per heavy atom. The van der Waals surface area contributed by atoms with Crippen molar-refractivity contribution in [3.05, 3.63) is 30.1 Å². The van der Waals surface area contributed by atoms with Gasteiger partial charge < -0.3 is 0 Å². The maximum absolute atomic E-state index is 12.9. The van der Waals surface area contributed by atoms with Crippen LogP contribution in [0.1, 0.15) is 40.0 Å². The van der Waals surface area contributed by atoms with Crippen LogP contribution in [0, 0.1) is 17.2 Å². The molecular weight excluding hydrogens is 297 g/mol. The third kappa shape index (κ3) is 3.25. The van der Waals surface area contributed by atoms with E-state index in [0.29, 0.717) is 12.1 Å². The summed E-state index contributed by atoms with van der Waals surface area (Å²) in [7, 11) is 0. The number of hydrogen-bond donors (Lipinski definition) is 2. The zero-order valence-electron chi connectivity index (χ0n) is 13.6.